The third kappa shape index (κ3) is 3.37. The molecule has 3 N–H and O–H groups in total. The fourth-order valence-electron chi connectivity index (χ4n) is 1.67. The number of nitrogens with one attached hydrogen (secondary N) is 1. The Hall–Kier alpha value is -1.41. The highest BCUT2D eigenvalue weighted by molar-refractivity contribution is 14.1. The van der Waals surface area contributed by atoms with Crippen LogP contribution in [0.5, 0.6) is 0 Å². The molecule has 0 radical (unpaired) electrons. The maximum atomic E-state index is 12.1. The predicted molar refractivity (Wildman–Crippen MR) is 89.3 cm³/mol. The van der Waals surface area contributed by atoms with Gasteiger partial charge < -0.3 is 11.1 Å². The lowest BCUT2D eigenvalue weighted by molar-refractivity contribution is 0.100. The van der Waals surface area contributed by atoms with Crippen LogP contribution in [-0.2, 0) is 6.42 Å². The molecule has 1 aromatic heterocycles. The van der Waals surface area contributed by atoms with Crippen molar-refractivity contribution in [2.24, 2.45) is 5.73 Å². The van der Waals surface area contributed by atoms with E-state index < -0.39 is 5.91 Å². The number of hydrogen-bond donors (Lipinski definition) is 2. The Morgan fingerprint density at radius 1 is 1.30 bits per heavy atom. The van der Waals surface area contributed by atoms with E-state index in [0.29, 0.717) is 16.1 Å². The van der Waals surface area contributed by atoms with Gasteiger partial charge in [-0.3, -0.25) is 9.59 Å². The first-order chi connectivity index (χ1) is 9.51. The van der Waals surface area contributed by atoms with Gasteiger partial charge >= 0.3 is 0 Å². The van der Waals surface area contributed by atoms with E-state index in [1.165, 1.54) is 11.3 Å². The average Bonchev–Trinajstić information content (AvgIpc) is 2.82. The minimum absolute atomic E-state index is 0.242. The molecule has 1 heterocycles. The summed E-state index contributed by atoms with van der Waals surface area (Å²) in [5.41, 5.74) is 6.25. The molecular formula is C14H13IN2O2S. The summed E-state index contributed by atoms with van der Waals surface area (Å²) in [6, 6.07) is 8.94. The number of aryl methyl sites for hydroxylation is 1. The standard InChI is InChI=1S/C14H13IN2O2S/c1-2-10-7-11(12(16)18)14(20-10)17-13(19)8-3-5-9(15)6-4-8/h3-7H,2H2,1H3,(H2,16,18)(H,17,19). The van der Waals surface area contributed by atoms with Crippen molar-refractivity contribution in [1.82, 2.24) is 0 Å². The van der Waals surface area contributed by atoms with E-state index in [9.17, 15) is 9.59 Å². The molecule has 0 atom stereocenters. The van der Waals surface area contributed by atoms with Crippen LogP contribution < -0.4 is 11.1 Å². The van der Waals surface area contributed by atoms with E-state index in [4.69, 9.17) is 5.73 Å². The second-order valence-electron chi connectivity index (χ2n) is 4.13. The zero-order chi connectivity index (χ0) is 14.7. The summed E-state index contributed by atoms with van der Waals surface area (Å²) < 4.78 is 1.06. The topological polar surface area (TPSA) is 72.2 Å². The number of amides is 2. The number of thiophene rings is 1. The van der Waals surface area contributed by atoms with Crippen molar-refractivity contribution in [2.45, 2.75) is 13.3 Å². The maximum absolute atomic E-state index is 12.1. The lowest BCUT2D eigenvalue weighted by atomic mass is 10.2. The fraction of sp³-hybridized carbons (Fsp3) is 0.143. The molecule has 0 saturated heterocycles. The lowest BCUT2D eigenvalue weighted by Crippen LogP contribution is -2.16. The number of carbonyl (C=O) groups is 2. The first-order valence-corrected chi connectivity index (χ1v) is 7.90. The normalized spacial score (nSPS) is 10.3. The van der Waals surface area contributed by atoms with Crippen LogP contribution in [0.2, 0.25) is 0 Å². The van der Waals surface area contributed by atoms with Gasteiger partial charge in [-0.25, -0.2) is 0 Å². The van der Waals surface area contributed by atoms with Crippen molar-refractivity contribution >= 4 is 50.7 Å². The van der Waals surface area contributed by atoms with E-state index in [-0.39, 0.29) is 5.91 Å². The summed E-state index contributed by atoms with van der Waals surface area (Å²) >= 11 is 3.55. The summed E-state index contributed by atoms with van der Waals surface area (Å²) in [5.74, 6) is -0.771. The largest absolute Gasteiger partial charge is 0.366 e. The van der Waals surface area contributed by atoms with Crippen LogP contribution in [0.15, 0.2) is 30.3 Å². The Bertz CT molecular complexity index is 650. The third-order valence-electron chi connectivity index (χ3n) is 2.73. The molecule has 2 amide bonds. The van der Waals surface area contributed by atoms with Crippen molar-refractivity contribution in [3.05, 3.63) is 49.9 Å². The quantitative estimate of drug-likeness (QED) is 0.774. The molecule has 0 unspecified atom stereocenters. The molecule has 0 aliphatic carbocycles. The molecule has 2 rings (SSSR count). The molecule has 104 valence electrons. The Labute approximate surface area is 134 Å². The second kappa shape index (κ2) is 6.36. The van der Waals surface area contributed by atoms with Crippen LogP contribution in [0, 0.1) is 3.57 Å². The highest BCUT2D eigenvalue weighted by Gasteiger charge is 2.16. The molecule has 0 bridgehead atoms. The lowest BCUT2D eigenvalue weighted by Gasteiger charge is -2.04. The molecular weight excluding hydrogens is 387 g/mol. The number of nitrogens with two attached hydrogens (primary N) is 1. The molecule has 2 aromatic rings. The second-order valence-corrected chi connectivity index (χ2v) is 6.52. The van der Waals surface area contributed by atoms with Crippen LogP contribution in [0.3, 0.4) is 0 Å². The van der Waals surface area contributed by atoms with Crippen LogP contribution in [0.4, 0.5) is 5.00 Å². The first-order valence-electron chi connectivity index (χ1n) is 6.00. The molecule has 1 aromatic carbocycles. The van der Waals surface area contributed by atoms with Gasteiger partial charge in [0, 0.05) is 14.0 Å². The van der Waals surface area contributed by atoms with E-state index in [1.807, 2.05) is 19.1 Å². The number of hydrogen-bond acceptors (Lipinski definition) is 3. The molecule has 4 nitrogen and oxygen atoms in total. The van der Waals surface area contributed by atoms with Gasteiger partial charge in [0.25, 0.3) is 11.8 Å². The number of benzene rings is 1. The summed E-state index contributed by atoms with van der Waals surface area (Å²) in [4.78, 5) is 24.5. The van der Waals surface area contributed by atoms with Gasteiger partial charge in [0.2, 0.25) is 0 Å². The minimum Gasteiger partial charge on any atom is -0.366 e. The molecule has 0 fully saturated rings. The van der Waals surface area contributed by atoms with Crippen molar-refractivity contribution in [3.63, 3.8) is 0 Å². The van der Waals surface area contributed by atoms with Crippen LogP contribution in [0.1, 0.15) is 32.5 Å². The summed E-state index contributed by atoms with van der Waals surface area (Å²) in [7, 11) is 0. The van der Waals surface area contributed by atoms with Gasteiger partial charge in [-0.05, 0) is 59.3 Å². The van der Waals surface area contributed by atoms with E-state index in [0.717, 1.165) is 14.9 Å². The number of anilines is 1. The summed E-state index contributed by atoms with van der Waals surface area (Å²) in [6.45, 7) is 1.99. The predicted octanol–water partition coefficient (Wildman–Crippen LogP) is 3.27. The molecule has 0 aliphatic heterocycles. The Kier molecular flexibility index (Phi) is 4.77. The van der Waals surface area contributed by atoms with Crippen molar-refractivity contribution < 1.29 is 9.59 Å². The zero-order valence-electron chi connectivity index (χ0n) is 10.8. The molecule has 20 heavy (non-hydrogen) atoms. The molecule has 0 spiro atoms. The zero-order valence-corrected chi connectivity index (χ0v) is 13.7. The highest BCUT2D eigenvalue weighted by Crippen LogP contribution is 2.28. The van der Waals surface area contributed by atoms with Crippen LogP contribution >= 0.6 is 33.9 Å². The smallest absolute Gasteiger partial charge is 0.256 e. The van der Waals surface area contributed by atoms with Crippen molar-refractivity contribution in [3.8, 4) is 0 Å². The van der Waals surface area contributed by atoms with Gasteiger partial charge in [-0.1, -0.05) is 6.92 Å². The number of primary amides is 1. The van der Waals surface area contributed by atoms with E-state index in [2.05, 4.69) is 27.9 Å². The van der Waals surface area contributed by atoms with Crippen LogP contribution in [-0.4, -0.2) is 11.8 Å². The average molecular weight is 400 g/mol. The van der Waals surface area contributed by atoms with E-state index in [1.54, 1.807) is 18.2 Å². The number of carbonyl (C=O) groups excluding carboxylic acids is 2. The van der Waals surface area contributed by atoms with Gasteiger partial charge in [-0.15, -0.1) is 11.3 Å². The Balaban J connectivity index is 2.25. The van der Waals surface area contributed by atoms with E-state index >= 15 is 0 Å². The molecule has 6 heteroatoms. The molecule has 0 aliphatic rings. The Morgan fingerprint density at radius 3 is 2.50 bits per heavy atom. The number of rotatable bonds is 4. The SMILES string of the molecule is CCc1cc(C(N)=O)c(NC(=O)c2ccc(I)cc2)s1. The fourth-order valence-corrected chi connectivity index (χ4v) is 3.02. The monoisotopic (exact) mass is 400 g/mol. The highest BCUT2D eigenvalue weighted by atomic mass is 127. The minimum atomic E-state index is -0.529. The Morgan fingerprint density at radius 2 is 1.95 bits per heavy atom. The summed E-state index contributed by atoms with van der Waals surface area (Å²) in [6.07, 6.45) is 0.796. The van der Waals surface area contributed by atoms with Crippen molar-refractivity contribution in [1.29, 1.82) is 0 Å². The third-order valence-corrected chi connectivity index (χ3v) is 4.64. The van der Waals surface area contributed by atoms with Crippen LogP contribution in [0.25, 0.3) is 0 Å². The maximum Gasteiger partial charge on any atom is 0.256 e. The molecule has 0 saturated carbocycles. The van der Waals surface area contributed by atoms with Crippen molar-refractivity contribution in [2.75, 3.05) is 5.32 Å². The van der Waals surface area contributed by atoms with Gasteiger partial charge in [0.1, 0.15) is 5.00 Å². The van der Waals surface area contributed by atoms with Gasteiger partial charge in [-0.2, -0.15) is 0 Å². The number of halogens is 1. The van der Waals surface area contributed by atoms with Gasteiger partial charge in [0.05, 0.1) is 5.56 Å². The first kappa shape index (κ1) is 15.0. The van der Waals surface area contributed by atoms with Gasteiger partial charge in [0.15, 0.2) is 0 Å². The summed E-state index contributed by atoms with van der Waals surface area (Å²) in [5, 5.41) is 3.27.